The number of carboxylic acids is 1. The lowest BCUT2D eigenvalue weighted by molar-refractivity contribution is 0.0697. The van der Waals surface area contributed by atoms with Crippen LogP contribution >= 0.6 is 21.2 Å². The molecular weight excluding hydrogens is 259 g/mol. The Bertz CT molecular complexity index is 295. The van der Waals surface area contributed by atoms with Crippen LogP contribution in [0.15, 0.2) is 24.3 Å². The van der Waals surface area contributed by atoms with Crippen LogP contribution in [0.25, 0.3) is 0 Å². The average molecular weight is 264 g/mol. The van der Waals surface area contributed by atoms with Gasteiger partial charge < -0.3 is 5.11 Å². The van der Waals surface area contributed by atoms with E-state index in [1.54, 1.807) is 12.1 Å². The smallest absolute Gasteiger partial charge is 0.335 e. The SMILES string of the molecule is O=Ic1cccc(C(=O)O)c1. The number of hydrogen-bond donors (Lipinski definition) is 1. The summed E-state index contributed by atoms with van der Waals surface area (Å²) in [6.07, 6.45) is 0. The summed E-state index contributed by atoms with van der Waals surface area (Å²) in [6.45, 7) is 0. The van der Waals surface area contributed by atoms with Gasteiger partial charge in [-0.1, -0.05) is 6.07 Å². The van der Waals surface area contributed by atoms with E-state index in [9.17, 15) is 7.86 Å². The average Bonchev–Trinajstić information content (AvgIpc) is 2.05. The minimum absolute atomic E-state index is 0.193. The first-order valence-corrected chi connectivity index (χ1v) is 4.80. The van der Waals surface area contributed by atoms with Crippen molar-refractivity contribution in [1.82, 2.24) is 0 Å². The minimum atomic E-state index is -1.25. The zero-order valence-corrected chi connectivity index (χ0v) is 7.61. The van der Waals surface area contributed by atoms with E-state index >= 15 is 0 Å². The summed E-state index contributed by atoms with van der Waals surface area (Å²) in [5.74, 6) is -0.982. The van der Waals surface area contributed by atoms with Crippen molar-refractivity contribution in [3.63, 3.8) is 0 Å². The minimum Gasteiger partial charge on any atom is -0.478 e. The standard InChI is InChI=1S/C7H5IO3/c9-7(10)5-2-1-3-6(4-5)8-11/h1-4H,(H,9,10). The predicted octanol–water partition coefficient (Wildman–Crippen LogP) is 1.87. The van der Waals surface area contributed by atoms with Crippen LogP contribution in [0.5, 0.6) is 0 Å². The van der Waals surface area contributed by atoms with Crippen molar-refractivity contribution in [2.45, 2.75) is 0 Å². The van der Waals surface area contributed by atoms with Crippen molar-refractivity contribution in [2.75, 3.05) is 0 Å². The van der Waals surface area contributed by atoms with Crippen molar-refractivity contribution in [2.24, 2.45) is 0 Å². The lowest BCUT2D eigenvalue weighted by Crippen LogP contribution is -1.95. The van der Waals surface area contributed by atoms with Crippen LogP contribution in [0.4, 0.5) is 0 Å². The lowest BCUT2D eigenvalue weighted by atomic mass is 10.2. The fourth-order valence-electron chi connectivity index (χ4n) is 0.669. The number of carboxylic acid groups (broad SMARTS) is 1. The van der Waals surface area contributed by atoms with E-state index < -0.39 is 27.2 Å². The van der Waals surface area contributed by atoms with Gasteiger partial charge in [-0.3, -0.25) is 3.07 Å². The van der Waals surface area contributed by atoms with Crippen molar-refractivity contribution < 1.29 is 13.0 Å². The molecule has 1 aromatic rings. The molecule has 0 atom stereocenters. The Labute approximate surface area is 73.7 Å². The fraction of sp³-hybridized carbons (Fsp3) is 0. The summed E-state index contributed by atoms with van der Waals surface area (Å²) in [7, 11) is 0. The molecule has 1 rings (SSSR count). The first kappa shape index (κ1) is 8.32. The largest absolute Gasteiger partial charge is 0.478 e. The van der Waals surface area contributed by atoms with Gasteiger partial charge in [-0.15, -0.1) is 0 Å². The van der Waals surface area contributed by atoms with E-state index in [4.69, 9.17) is 5.11 Å². The molecule has 0 spiro atoms. The molecule has 0 bridgehead atoms. The molecule has 0 aromatic heterocycles. The number of halogens is 1. The number of benzene rings is 1. The Hall–Kier alpha value is -0.780. The number of hydrogen-bond acceptors (Lipinski definition) is 2. The number of aromatic carboxylic acids is 1. The van der Waals surface area contributed by atoms with Gasteiger partial charge in [-0.05, 0) is 18.2 Å². The third kappa shape index (κ3) is 2.07. The van der Waals surface area contributed by atoms with Crippen molar-refractivity contribution in [1.29, 1.82) is 0 Å². The number of rotatable bonds is 2. The third-order valence-electron chi connectivity index (χ3n) is 1.16. The molecule has 3 nitrogen and oxygen atoms in total. The first-order chi connectivity index (χ1) is 5.24. The van der Waals surface area contributed by atoms with Crippen molar-refractivity contribution in [3.05, 3.63) is 33.4 Å². The molecule has 1 aromatic carbocycles. The Kier molecular flexibility index (Phi) is 2.70. The molecule has 0 unspecified atom stereocenters. The predicted molar refractivity (Wildman–Crippen MR) is 46.8 cm³/mol. The van der Waals surface area contributed by atoms with E-state index in [0.717, 1.165) is 0 Å². The second kappa shape index (κ2) is 3.56. The van der Waals surface area contributed by atoms with Gasteiger partial charge in [0.25, 0.3) is 0 Å². The molecule has 0 aliphatic rings. The van der Waals surface area contributed by atoms with Gasteiger partial charge in [0, 0.05) is 3.57 Å². The highest BCUT2D eigenvalue weighted by molar-refractivity contribution is 14.1. The monoisotopic (exact) mass is 264 g/mol. The van der Waals surface area contributed by atoms with E-state index in [0.29, 0.717) is 3.57 Å². The van der Waals surface area contributed by atoms with Gasteiger partial charge in [0.05, 0.1) is 5.56 Å². The van der Waals surface area contributed by atoms with Gasteiger partial charge in [-0.2, -0.15) is 0 Å². The normalized spacial score (nSPS) is 9.45. The molecule has 0 fully saturated rings. The van der Waals surface area contributed by atoms with Gasteiger partial charge in [0.1, 0.15) is 0 Å². The maximum absolute atomic E-state index is 10.4. The lowest BCUT2D eigenvalue weighted by Gasteiger charge is -1.92. The topological polar surface area (TPSA) is 54.4 Å². The van der Waals surface area contributed by atoms with Crippen LogP contribution in [0.3, 0.4) is 0 Å². The van der Waals surface area contributed by atoms with Crippen LogP contribution in [-0.2, 0) is 3.07 Å². The molecule has 0 amide bonds. The highest BCUT2D eigenvalue weighted by Gasteiger charge is 2.01. The molecule has 4 heteroatoms. The van der Waals surface area contributed by atoms with Gasteiger partial charge in [-0.25, -0.2) is 4.79 Å². The molecule has 0 saturated heterocycles. The molecule has 11 heavy (non-hydrogen) atoms. The Balaban J connectivity index is 3.10. The first-order valence-electron chi connectivity index (χ1n) is 2.84. The van der Waals surface area contributed by atoms with Crippen molar-refractivity contribution >= 4 is 27.2 Å². The molecular formula is C7H5IO3. The maximum atomic E-state index is 10.4. The Morgan fingerprint density at radius 2 is 2.18 bits per heavy atom. The van der Waals surface area contributed by atoms with E-state index in [2.05, 4.69) is 0 Å². The Morgan fingerprint density at radius 3 is 2.73 bits per heavy atom. The highest BCUT2D eigenvalue weighted by Crippen LogP contribution is 2.11. The summed E-state index contributed by atoms with van der Waals surface area (Å²) < 4.78 is 11.0. The Morgan fingerprint density at radius 1 is 1.45 bits per heavy atom. The second-order valence-corrected chi connectivity index (χ2v) is 3.58. The van der Waals surface area contributed by atoms with E-state index in [-0.39, 0.29) is 5.56 Å². The van der Waals surface area contributed by atoms with Crippen molar-refractivity contribution in [3.8, 4) is 0 Å². The maximum Gasteiger partial charge on any atom is 0.335 e. The summed E-state index contributed by atoms with van der Waals surface area (Å²) in [6, 6.07) is 6.16. The third-order valence-corrected chi connectivity index (χ3v) is 2.34. The van der Waals surface area contributed by atoms with Gasteiger partial charge >= 0.3 is 5.97 Å². The summed E-state index contributed by atoms with van der Waals surface area (Å²) in [4.78, 5) is 10.4. The van der Waals surface area contributed by atoms with Gasteiger partial charge in [0.15, 0.2) is 21.2 Å². The molecule has 0 heterocycles. The fourth-order valence-corrected chi connectivity index (χ4v) is 1.49. The molecule has 0 radical (unpaired) electrons. The molecule has 58 valence electrons. The van der Waals surface area contributed by atoms with Crippen LogP contribution < -0.4 is 0 Å². The second-order valence-electron chi connectivity index (χ2n) is 1.89. The quantitative estimate of drug-likeness (QED) is 0.829. The van der Waals surface area contributed by atoms with E-state index in [1.165, 1.54) is 12.1 Å². The molecule has 1 N–H and O–H groups in total. The summed E-state index contributed by atoms with van der Waals surface area (Å²) >= 11 is -1.25. The van der Waals surface area contributed by atoms with Crippen LogP contribution in [-0.4, -0.2) is 11.1 Å². The molecule has 0 saturated carbocycles. The van der Waals surface area contributed by atoms with Gasteiger partial charge in [0.2, 0.25) is 0 Å². The summed E-state index contributed by atoms with van der Waals surface area (Å²) in [5, 5.41) is 8.51. The summed E-state index contributed by atoms with van der Waals surface area (Å²) in [5.41, 5.74) is 0.193. The zero-order chi connectivity index (χ0) is 8.27. The van der Waals surface area contributed by atoms with Crippen LogP contribution in [0, 0.1) is 3.57 Å². The van der Waals surface area contributed by atoms with E-state index in [1.807, 2.05) is 0 Å². The molecule has 0 aliphatic heterocycles. The number of carbonyl (C=O) groups is 1. The van der Waals surface area contributed by atoms with Crippen LogP contribution in [0.2, 0.25) is 0 Å². The zero-order valence-electron chi connectivity index (χ0n) is 5.45. The molecule has 0 aliphatic carbocycles. The van der Waals surface area contributed by atoms with Crippen LogP contribution in [0.1, 0.15) is 10.4 Å². The highest BCUT2D eigenvalue weighted by atomic mass is 127.